The molecule has 0 amide bonds. The van der Waals surface area contributed by atoms with Crippen LogP contribution in [0.5, 0.6) is 28.7 Å². The fourth-order valence-electron chi connectivity index (χ4n) is 3.55. The van der Waals surface area contributed by atoms with Crippen LogP contribution < -0.4 is 23.7 Å². The molecule has 0 fully saturated rings. The molecule has 1 heterocycles. The first-order valence-electron chi connectivity index (χ1n) is 10.1. The fourth-order valence-corrected chi connectivity index (χ4v) is 3.55. The van der Waals surface area contributed by atoms with Gasteiger partial charge in [0.05, 0.1) is 32.5 Å². The van der Waals surface area contributed by atoms with E-state index in [0.29, 0.717) is 45.3 Å². The van der Waals surface area contributed by atoms with Crippen molar-refractivity contribution in [3.8, 4) is 28.7 Å². The Balaban J connectivity index is 1.62. The number of hydrogen-bond donors (Lipinski definition) is 0. The Labute approximate surface area is 191 Å². The quantitative estimate of drug-likeness (QED) is 0.304. The predicted molar refractivity (Wildman–Crippen MR) is 122 cm³/mol. The summed E-state index contributed by atoms with van der Waals surface area (Å²) in [6.45, 7) is 1.76. The molecule has 0 saturated heterocycles. The molecule has 1 aliphatic heterocycles. The summed E-state index contributed by atoms with van der Waals surface area (Å²) < 4.78 is 27.2. The Kier molecular flexibility index (Phi) is 6.04. The van der Waals surface area contributed by atoms with Crippen molar-refractivity contribution in [2.24, 2.45) is 0 Å². The van der Waals surface area contributed by atoms with Gasteiger partial charge in [0.1, 0.15) is 28.7 Å². The lowest BCUT2D eigenvalue weighted by atomic mass is 10.0. The van der Waals surface area contributed by atoms with Gasteiger partial charge in [-0.2, -0.15) is 0 Å². The van der Waals surface area contributed by atoms with Gasteiger partial charge in [-0.05, 0) is 61.0 Å². The van der Waals surface area contributed by atoms with E-state index in [4.69, 9.17) is 23.7 Å². The highest BCUT2D eigenvalue weighted by atomic mass is 16.5. The second-order valence-electron chi connectivity index (χ2n) is 7.28. The number of carbonyl (C=O) groups is 2. The molecule has 0 N–H and O–H groups in total. The lowest BCUT2D eigenvalue weighted by Crippen LogP contribution is -2.09. The van der Waals surface area contributed by atoms with Crippen LogP contribution in [0.4, 0.5) is 0 Å². The molecule has 0 atom stereocenters. The minimum Gasteiger partial charge on any atom is -0.497 e. The lowest BCUT2D eigenvalue weighted by Gasteiger charge is -2.09. The highest BCUT2D eigenvalue weighted by Crippen LogP contribution is 2.38. The van der Waals surface area contributed by atoms with Crippen molar-refractivity contribution >= 4 is 17.8 Å². The smallest absolute Gasteiger partial charge is 0.343 e. The number of Topliss-reactive ketones (excluding diaryl/α,β-unsaturated/α-hetero) is 1. The maximum absolute atomic E-state index is 13.0. The van der Waals surface area contributed by atoms with E-state index >= 15 is 0 Å². The Bertz CT molecular complexity index is 1270. The molecule has 33 heavy (non-hydrogen) atoms. The maximum atomic E-state index is 13.0. The average molecular weight is 446 g/mol. The zero-order valence-corrected chi connectivity index (χ0v) is 18.6. The van der Waals surface area contributed by atoms with Crippen molar-refractivity contribution in [1.29, 1.82) is 0 Å². The van der Waals surface area contributed by atoms with Crippen molar-refractivity contribution in [3.05, 3.63) is 82.6 Å². The van der Waals surface area contributed by atoms with Crippen LogP contribution in [0.25, 0.3) is 6.08 Å². The third kappa shape index (κ3) is 4.39. The molecule has 0 unspecified atom stereocenters. The number of ether oxygens (including phenoxy) is 5. The summed E-state index contributed by atoms with van der Waals surface area (Å²) in [6.07, 6.45) is 1.60. The molecule has 3 aromatic rings. The Hall–Kier alpha value is -4.26. The number of hydrogen-bond acceptors (Lipinski definition) is 7. The molecule has 0 spiro atoms. The maximum Gasteiger partial charge on any atom is 0.343 e. The van der Waals surface area contributed by atoms with Gasteiger partial charge in [0.2, 0.25) is 5.78 Å². The molecule has 0 aromatic heterocycles. The molecular weight excluding hydrogens is 424 g/mol. The normalized spacial score (nSPS) is 13.3. The van der Waals surface area contributed by atoms with Gasteiger partial charge in [-0.1, -0.05) is 6.07 Å². The number of aryl methyl sites for hydroxylation is 1. The molecule has 3 aromatic carbocycles. The first-order chi connectivity index (χ1) is 15.9. The molecule has 0 saturated carbocycles. The van der Waals surface area contributed by atoms with Gasteiger partial charge in [-0.3, -0.25) is 4.79 Å². The number of methoxy groups -OCH3 is 3. The van der Waals surface area contributed by atoms with Crippen LogP contribution in [0.15, 0.2) is 60.4 Å². The molecule has 7 nitrogen and oxygen atoms in total. The van der Waals surface area contributed by atoms with E-state index in [1.807, 2.05) is 0 Å². The van der Waals surface area contributed by atoms with Gasteiger partial charge in [-0.15, -0.1) is 0 Å². The van der Waals surface area contributed by atoms with E-state index in [2.05, 4.69) is 0 Å². The molecule has 0 bridgehead atoms. The van der Waals surface area contributed by atoms with Crippen molar-refractivity contribution in [2.45, 2.75) is 6.92 Å². The highest BCUT2D eigenvalue weighted by molar-refractivity contribution is 6.15. The van der Waals surface area contributed by atoms with Gasteiger partial charge in [-0.25, -0.2) is 4.79 Å². The SMILES string of the molecule is COc1cccc(C(=O)Oc2cc(C)c3c(c2)O/C(=C\c2cc(OC)ccc2OC)C3=O)c1. The molecule has 168 valence electrons. The molecule has 0 aliphatic carbocycles. The summed E-state index contributed by atoms with van der Waals surface area (Å²) in [4.78, 5) is 25.6. The average Bonchev–Trinajstić information content (AvgIpc) is 3.14. The van der Waals surface area contributed by atoms with Gasteiger partial charge in [0.15, 0.2) is 5.76 Å². The topological polar surface area (TPSA) is 80.3 Å². The minimum absolute atomic E-state index is 0.135. The van der Waals surface area contributed by atoms with Crippen LogP contribution in [0.1, 0.15) is 31.8 Å². The van der Waals surface area contributed by atoms with Crippen LogP contribution in [0, 0.1) is 6.92 Å². The third-order valence-corrected chi connectivity index (χ3v) is 5.18. The van der Waals surface area contributed by atoms with Crippen molar-refractivity contribution in [1.82, 2.24) is 0 Å². The Morgan fingerprint density at radius 2 is 1.64 bits per heavy atom. The van der Waals surface area contributed by atoms with E-state index in [9.17, 15) is 9.59 Å². The van der Waals surface area contributed by atoms with Crippen LogP contribution in [-0.4, -0.2) is 33.1 Å². The largest absolute Gasteiger partial charge is 0.497 e. The van der Waals surface area contributed by atoms with E-state index < -0.39 is 5.97 Å². The zero-order valence-electron chi connectivity index (χ0n) is 18.6. The number of allylic oxidation sites excluding steroid dienone is 1. The van der Waals surface area contributed by atoms with Crippen LogP contribution in [0.3, 0.4) is 0 Å². The zero-order chi connectivity index (χ0) is 23.5. The second kappa shape index (κ2) is 9.08. The van der Waals surface area contributed by atoms with E-state index in [0.717, 1.165) is 0 Å². The summed E-state index contributed by atoms with van der Waals surface area (Å²) >= 11 is 0. The number of benzene rings is 3. The summed E-state index contributed by atoms with van der Waals surface area (Å²) in [7, 11) is 4.63. The summed E-state index contributed by atoms with van der Waals surface area (Å²) in [5.41, 5.74) is 2.03. The second-order valence-corrected chi connectivity index (χ2v) is 7.28. The number of ketones is 1. The first kappa shape index (κ1) is 22.0. The van der Waals surface area contributed by atoms with Gasteiger partial charge >= 0.3 is 5.97 Å². The number of rotatable bonds is 6. The monoisotopic (exact) mass is 446 g/mol. The Morgan fingerprint density at radius 3 is 2.36 bits per heavy atom. The molecular formula is C26H22O7. The first-order valence-corrected chi connectivity index (χ1v) is 10.1. The molecule has 0 radical (unpaired) electrons. The molecule has 7 heteroatoms. The van der Waals surface area contributed by atoms with Gasteiger partial charge < -0.3 is 23.7 Å². The van der Waals surface area contributed by atoms with E-state index in [1.165, 1.54) is 13.2 Å². The van der Waals surface area contributed by atoms with Crippen LogP contribution in [-0.2, 0) is 0 Å². The molecule has 1 aliphatic rings. The predicted octanol–water partition coefficient (Wildman–Crippen LogP) is 4.86. The van der Waals surface area contributed by atoms with E-state index in [1.54, 1.807) is 75.8 Å². The minimum atomic E-state index is -0.547. The van der Waals surface area contributed by atoms with Crippen molar-refractivity contribution in [2.75, 3.05) is 21.3 Å². The Morgan fingerprint density at radius 1 is 0.879 bits per heavy atom. The number of fused-ring (bicyclic) bond motifs is 1. The van der Waals surface area contributed by atoms with Crippen LogP contribution >= 0.6 is 0 Å². The van der Waals surface area contributed by atoms with Crippen LogP contribution in [0.2, 0.25) is 0 Å². The summed E-state index contributed by atoms with van der Waals surface area (Å²) in [5.74, 6) is 1.65. The van der Waals surface area contributed by atoms with Gasteiger partial charge in [0, 0.05) is 11.6 Å². The fraction of sp³-hybridized carbons (Fsp3) is 0.154. The molecule has 4 rings (SSSR count). The van der Waals surface area contributed by atoms with Gasteiger partial charge in [0.25, 0.3) is 0 Å². The summed E-state index contributed by atoms with van der Waals surface area (Å²) in [5, 5.41) is 0. The standard InChI is InChI=1S/C26H22O7/c1-15-10-20(32-26(28)16-6-5-7-18(11-16)29-2)14-22-24(15)25(27)23(33-22)13-17-12-19(30-3)8-9-21(17)31-4/h5-14H,1-4H3/b23-13-. The lowest BCUT2D eigenvalue weighted by molar-refractivity contribution is 0.0734. The van der Waals surface area contributed by atoms with E-state index in [-0.39, 0.29) is 17.3 Å². The van der Waals surface area contributed by atoms with Crippen molar-refractivity contribution in [3.63, 3.8) is 0 Å². The highest BCUT2D eigenvalue weighted by Gasteiger charge is 2.30. The third-order valence-electron chi connectivity index (χ3n) is 5.18. The summed E-state index contributed by atoms with van der Waals surface area (Å²) in [6, 6.07) is 15.1. The van der Waals surface area contributed by atoms with Crippen molar-refractivity contribution < 1.29 is 33.3 Å². The number of carbonyl (C=O) groups excluding carboxylic acids is 2. The number of esters is 1.